The molecule has 2 aromatic carbocycles. The summed E-state index contributed by atoms with van der Waals surface area (Å²) in [6, 6.07) is 13.0. The maximum Gasteiger partial charge on any atom is 0.409 e. The van der Waals surface area contributed by atoms with Gasteiger partial charge in [0.05, 0.1) is 18.2 Å². The summed E-state index contributed by atoms with van der Waals surface area (Å²) >= 11 is 0. The second-order valence-corrected chi connectivity index (χ2v) is 11.6. The van der Waals surface area contributed by atoms with E-state index >= 15 is 0 Å². The number of pyridine rings is 1. The molecule has 14 heteroatoms. The van der Waals surface area contributed by atoms with Gasteiger partial charge in [0, 0.05) is 50.6 Å². The lowest BCUT2D eigenvalue weighted by molar-refractivity contribution is -0.138. The van der Waals surface area contributed by atoms with Gasteiger partial charge in [-0.1, -0.05) is 24.3 Å². The zero-order valence-electron chi connectivity index (χ0n) is 26.6. The zero-order chi connectivity index (χ0) is 34.2. The Morgan fingerprint density at radius 2 is 1.75 bits per heavy atom. The number of carbonyl (C=O) groups excluding carboxylic acids is 4. The fourth-order valence-electron chi connectivity index (χ4n) is 6.03. The number of nitrogens with zero attached hydrogens (tertiary/aromatic N) is 4. The van der Waals surface area contributed by atoms with E-state index in [1.807, 2.05) is 0 Å². The van der Waals surface area contributed by atoms with Crippen LogP contribution >= 0.6 is 0 Å². The lowest BCUT2D eigenvalue weighted by Gasteiger charge is -2.35. The van der Waals surface area contributed by atoms with E-state index in [2.05, 4.69) is 10.3 Å². The molecule has 2 atom stereocenters. The van der Waals surface area contributed by atoms with Gasteiger partial charge in [-0.05, 0) is 56.0 Å². The van der Waals surface area contributed by atoms with Crippen LogP contribution in [0.2, 0.25) is 0 Å². The smallest absolute Gasteiger partial charge is 0.409 e. The van der Waals surface area contributed by atoms with Crippen LogP contribution in [0.1, 0.15) is 54.7 Å². The van der Waals surface area contributed by atoms with Crippen molar-refractivity contribution < 1.29 is 42.9 Å². The molecule has 13 nitrogen and oxygen atoms in total. The van der Waals surface area contributed by atoms with Gasteiger partial charge >= 0.3 is 12.1 Å². The average molecular weight is 664 g/mol. The van der Waals surface area contributed by atoms with Crippen molar-refractivity contribution in [3.63, 3.8) is 0 Å². The SMILES string of the molecule is CCOC(=O)N1CCN(C(=O)C(CCC(=O)O)NC(=O)c2cc(OCC(=O)N3CCC[C@H]3c3cccc(F)c3)c3ccccc3n2)CC1. The monoisotopic (exact) mass is 663 g/mol. The van der Waals surface area contributed by atoms with Crippen molar-refractivity contribution in [3.05, 3.63) is 71.7 Å². The summed E-state index contributed by atoms with van der Waals surface area (Å²) in [4.78, 5) is 72.9. The van der Waals surface area contributed by atoms with E-state index in [1.165, 1.54) is 28.0 Å². The van der Waals surface area contributed by atoms with Gasteiger partial charge in [0.25, 0.3) is 11.8 Å². The molecule has 2 saturated heterocycles. The van der Waals surface area contributed by atoms with Gasteiger partial charge < -0.3 is 34.6 Å². The van der Waals surface area contributed by atoms with Crippen molar-refractivity contribution in [1.82, 2.24) is 25.0 Å². The maximum atomic E-state index is 13.9. The third-order valence-corrected chi connectivity index (χ3v) is 8.44. The Morgan fingerprint density at radius 3 is 2.48 bits per heavy atom. The van der Waals surface area contributed by atoms with Crippen LogP contribution in [0.5, 0.6) is 5.75 Å². The number of halogens is 1. The molecule has 4 amide bonds. The topological polar surface area (TPSA) is 159 Å². The highest BCUT2D eigenvalue weighted by molar-refractivity contribution is 5.99. The summed E-state index contributed by atoms with van der Waals surface area (Å²) in [5.74, 6) is -2.78. The number of ether oxygens (including phenoxy) is 2. The molecular formula is C34H38FN5O8. The summed E-state index contributed by atoms with van der Waals surface area (Å²) in [5.41, 5.74) is 1.03. The number of fused-ring (bicyclic) bond motifs is 1. The molecule has 48 heavy (non-hydrogen) atoms. The van der Waals surface area contributed by atoms with Crippen LogP contribution in [-0.4, -0.2) is 107 Å². The molecule has 0 saturated carbocycles. The number of carboxylic acid groups (broad SMARTS) is 1. The van der Waals surface area contributed by atoms with Gasteiger partial charge in [-0.25, -0.2) is 14.2 Å². The number of aromatic nitrogens is 1. The highest BCUT2D eigenvalue weighted by Crippen LogP contribution is 2.33. The highest BCUT2D eigenvalue weighted by atomic mass is 19.1. The number of piperazine rings is 1. The molecule has 2 fully saturated rings. The maximum absolute atomic E-state index is 13.9. The van der Waals surface area contributed by atoms with E-state index in [0.29, 0.717) is 29.4 Å². The first-order valence-corrected chi connectivity index (χ1v) is 15.9. The molecule has 3 aromatic rings. The van der Waals surface area contributed by atoms with Crippen molar-refractivity contribution in [2.24, 2.45) is 0 Å². The molecular weight excluding hydrogens is 625 g/mol. The molecule has 2 N–H and O–H groups in total. The van der Waals surface area contributed by atoms with Crippen molar-refractivity contribution in [1.29, 1.82) is 0 Å². The van der Waals surface area contributed by atoms with E-state index in [9.17, 15) is 33.5 Å². The second kappa shape index (κ2) is 15.5. The second-order valence-electron chi connectivity index (χ2n) is 11.6. The van der Waals surface area contributed by atoms with E-state index in [-0.39, 0.29) is 81.4 Å². The summed E-state index contributed by atoms with van der Waals surface area (Å²) < 4.78 is 24.9. The Bertz CT molecular complexity index is 1680. The first-order valence-electron chi connectivity index (χ1n) is 15.9. The lowest BCUT2D eigenvalue weighted by atomic mass is 10.0. The number of rotatable bonds is 11. The largest absolute Gasteiger partial charge is 0.483 e. The van der Waals surface area contributed by atoms with Crippen molar-refractivity contribution >= 4 is 40.7 Å². The third kappa shape index (κ3) is 8.17. The predicted octanol–water partition coefficient (Wildman–Crippen LogP) is 3.38. The molecule has 0 bridgehead atoms. The van der Waals surface area contributed by atoms with E-state index < -0.39 is 29.9 Å². The minimum absolute atomic E-state index is 0.0878. The van der Waals surface area contributed by atoms with Gasteiger partial charge in [0.15, 0.2) is 6.61 Å². The first-order chi connectivity index (χ1) is 23.1. The van der Waals surface area contributed by atoms with Crippen LogP contribution in [0.4, 0.5) is 9.18 Å². The van der Waals surface area contributed by atoms with Gasteiger partial charge in [-0.15, -0.1) is 0 Å². The Hall–Kier alpha value is -5.27. The van der Waals surface area contributed by atoms with Crippen molar-refractivity contribution in [2.75, 3.05) is 45.9 Å². The number of aliphatic carboxylic acids is 1. The van der Waals surface area contributed by atoms with Crippen LogP contribution < -0.4 is 10.1 Å². The molecule has 0 radical (unpaired) electrons. The average Bonchev–Trinajstić information content (AvgIpc) is 3.59. The number of hydrogen-bond acceptors (Lipinski definition) is 8. The third-order valence-electron chi connectivity index (χ3n) is 8.44. The lowest BCUT2D eigenvalue weighted by Crippen LogP contribution is -2.56. The number of carboxylic acids is 1. The Balaban J connectivity index is 1.30. The molecule has 1 aromatic heterocycles. The number of amides is 4. The first kappa shape index (κ1) is 34.1. The van der Waals surface area contributed by atoms with Gasteiger partial charge in [0.1, 0.15) is 23.3 Å². The molecule has 2 aliphatic heterocycles. The van der Waals surface area contributed by atoms with Gasteiger partial charge in [0.2, 0.25) is 5.91 Å². The molecule has 5 rings (SSSR count). The van der Waals surface area contributed by atoms with Crippen LogP contribution in [0.3, 0.4) is 0 Å². The summed E-state index contributed by atoms with van der Waals surface area (Å²) in [6.45, 7) is 2.93. The normalized spacial score (nSPS) is 16.8. The molecule has 3 heterocycles. The van der Waals surface area contributed by atoms with E-state index in [0.717, 1.165) is 6.42 Å². The Labute approximate surface area is 276 Å². The standard InChI is InChI=1S/C34H38FN5O8/c1-2-47-34(46)39-17-15-38(16-18-39)33(45)26(12-13-31(42)43)37-32(44)27-20-29(24-9-3-4-10-25(24)36-27)48-21-30(41)40-14-6-11-28(40)22-7-5-8-23(35)19-22/h3-5,7-10,19-20,26,28H,2,6,11-18,21H2,1H3,(H,37,44)(H,42,43)/t26?,28-/m0/s1. The molecule has 2 aliphatic rings. The minimum atomic E-state index is -1.17. The van der Waals surface area contributed by atoms with Gasteiger partial charge in [-0.3, -0.25) is 19.2 Å². The number of para-hydroxylation sites is 1. The Kier molecular flexibility index (Phi) is 11.0. The number of likely N-dealkylation sites (tertiary alicyclic amines) is 1. The number of benzene rings is 2. The predicted molar refractivity (Wildman–Crippen MR) is 171 cm³/mol. The number of carbonyl (C=O) groups is 5. The van der Waals surface area contributed by atoms with Crippen LogP contribution in [0.15, 0.2) is 54.6 Å². The fraction of sp³-hybridized carbons (Fsp3) is 0.412. The van der Waals surface area contributed by atoms with Gasteiger partial charge in [-0.2, -0.15) is 0 Å². The molecule has 0 aliphatic carbocycles. The van der Waals surface area contributed by atoms with Crippen LogP contribution in [0.25, 0.3) is 10.9 Å². The summed E-state index contributed by atoms with van der Waals surface area (Å²) in [7, 11) is 0. The zero-order valence-corrected chi connectivity index (χ0v) is 26.6. The minimum Gasteiger partial charge on any atom is -0.483 e. The molecule has 254 valence electrons. The van der Waals surface area contributed by atoms with Crippen molar-refractivity contribution in [2.45, 2.75) is 44.7 Å². The molecule has 0 spiro atoms. The fourth-order valence-corrected chi connectivity index (χ4v) is 6.03. The summed E-state index contributed by atoms with van der Waals surface area (Å²) in [6.07, 6.45) is 0.452. The summed E-state index contributed by atoms with van der Waals surface area (Å²) in [5, 5.41) is 12.5. The van der Waals surface area contributed by atoms with E-state index in [1.54, 1.807) is 48.2 Å². The quantitative estimate of drug-likeness (QED) is 0.314. The Morgan fingerprint density at radius 1 is 1.00 bits per heavy atom. The number of nitrogens with one attached hydrogen (secondary N) is 1. The molecule has 1 unspecified atom stereocenters. The van der Waals surface area contributed by atoms with Crippen LogP contribution in [-0.2, 0) is 19.1 Å². The number of hydrogen-bond donors (Lipinski definition) is 2. The van der Waals surface area contributed by atoms with E-state index in [4.69, 9.17) is 9.47 Å². The highest BCUT2D eigenvalue weighted by Gasteiger charge is 2.32. The van der Waals surface area contributed by atoms with Crippen LogP contribution in [0, 0.1) is 5.82 Å². The van der Waals surface area contributed by atoms with Crippen molar-refractivity contribution in [3.8, 4) is 5.75 Å².